The molecule has 4 nitrogen and oxygen atoms in total. The zero-order valence-corrected chi connectivity index (χ0v) is 8.36. The number of nitrogens with zero attached hydrogens (tertiary/aromatic N) is 1. The highest BCUT2D eigenvalue weighted by atomic mass is 19.1. The van der Waals surface area contributed by atoms with Crippen molar-refractivity contribution in [3.63, 3.8) is 0 Å². The van der Waals surface area contributed by atoms with E-state index in [9.17, 15) is 14.0 Å². The van der Waals surface area contributed by atoms with E-state index in [1.807, 2.05) is 0 Å². The molecule has 0 radical (unpaired) electrons. The summed E-state index contributed by atoms with van der Waals surface area (Å²) in [5.41, 5.74) is 0. The molecular weight excluding hydrogens is 201 g/mol. The highest BCUT2D eigenvalue weighted by molar-refractivity contribution is 5.89. The molecule has 3 atom stereocenters. The third-order valence-electron chi connectivity index (χ3n) is 3.26. The van der Waals surface area contributed by atoms with Gasteiger partial charge < -0.3 is 10.0 Å². The number of alkyl halides is 1. The maximum absolute atomic E-state index is 12.5. The summed E-state index contributed by atoms with van der Waals surface area (Å²) in [4.78, 5) is 23.9. The fraction of sp³-hybridized carbons (Fsp3) is 0.800. The molecule has 2 aliphatic rings. The van der Waals surface area contributed by atoms with E-state index in [1.165, 1.54) is 4.90 Å². The molecule has 0 bridgehead atoms. The molecule has 1 amide bonds. The third-order valence-corrected chi connectivity index (χ3v) is 3.26. The van der Waals surface area contributed by atoms with E-state index >= 15 is 0 Å². The number of rotatable bonds is 3. The first-order chi connectivity index (χ1) is 7.15. The SMILES string of the molecule is O=C(O)[C@@H]1C[C@H]1C(=O)N1CCC[C@H]1CF. The van der Waals surface area contributed by atoms with E-state index in [0.29, 0.717) is 19.4 Å². The minimum absolute atomic E-state index is 0.164. The zero-order valence-electron chi connectivity index (χ0n) is 8.36. The summed E-state index contributed by atoms with van der Waals surface area (Å²) in [5.74, 6) is -2.00. The first kappa shape index (κ1) is 10.4. The summed E-state index contributed by atoms with van der Waals surface area (Å²) in [6.45, 7) is 0.0620. The van der Waals surface area contributed by atoms with Gasteiger partial charge in [-0.2, -0.15) is 0 Å². The quantitative estimate of drug-likeness (QED) is 0.752. The molecule has 0 spiro atoms. The average Bonchev–Trinajstić information content (AvgIpc) is 2.88. The molecule has 2 rings (SSSR count). The molecule has 1 saturated carbocycles. The number of amides is 1. The van der Waals surface area contributed by atoms with Crippen molar-refractivity contribution in [1.82, 2.24) is 4.90 Å². The fourth-order valence-corrected chi connectivity index (χ4v) is 2.24. The van der Waals surface area contributed by atoms with Crippen LogP contribution in [0.1, 0.15) is 19.3 Å². The maximum atomic E-state index is 12.5. The van der Waals surface area contributed by atoms with Crippen molar-refractivity contribution in [1.29, 1.82) is 0 Å². The number of carboxylic acids is 1. The number of carboxylic acid groups (broad SMARTS) is 1. The first-order valence-corrected chi connectivity index (χ1v) is 5.24. The minimum atomic E-state index is -0.913. The number of hydrogen-bond acceptors (Lipinski definition) is 2. The highest BCUT2D eigenvalue weighted by Crippen LogP contribution is 2.41. The van der Waals surface area contributed by atoms with Gasteiger partial charge in [0, 0.05) is 6.54 Å². The largest absolute Gasteiger partial charge is 0.481 e. The number of halogens is 1. The van der Waals surface area contributed by atoms with Gasteiger partial charge in [-0.25, -0.2) is 4.39 Å². The molecule has 0 aromatic rings. The van der Waals surface area contributed by atoms with Gasteiger partial charge in [-0.3, -0.25) is 9.59 Å². The van der Waals surface area contributed by atoms with Gasteiger partial charge in [0.25, 0.3) is 0 Å². The lowest BCUT2D eigenvalue weighted by Gasteiger charge is -2.22. The Morgan fingerprint density at radius 1 is 1.40 bits per heavy atom. The summed E-state index contributed by atoms with van der Waals surface area (Å²) in [6, 6.07) is -0.312. The molecule has 1 aliphatic carbocycles. The lowest BCUT2D eigenvalue weighted by molar-refractivity contribution is -0.142. The van der Waals surface area contributed by atoms with Crippen LogP contribution >= 0.6 is 0 Å². The number of carbonyl (C=O) groups is 2. The van der Waals surface area contributed by atoms with Crippen molar-refractivity contribution in [2.75, 3.05) is 13.2 Å². The predicted octanol–water partition coefficient (Wildman–Crippen LogP) is 0.668. The van der Waals surface area contributed by atoms with E-state index in [0.717, 1.165) is 6.42 Å². The van der Waals surface area contributed by atoms with Crippen molar-refractivity contribution in [3.05, 3.63) is 0 Å². The number of likely N-dealkylation sites (tertiary alicyclic amines) is 1. The van der Waals surface area contributed by atoms with Crippen LogP contribution in [0.5, 0.6) is 0 Å². The lowest BCUT2D eigenvalue weighted by atomic mass is 10.2. The molecule has 0 unspecified atom stereocenters. The molecule has 5 heteroatoms. The summed E-state index contributed by atoms with van der Waals surface area (Å²) in [6.07, 6.45) is 1.95. The normalized spacial score (nSPS) is 34.2. The Kier molecular flexibility index (Phi) is 2.63. The predicted molar refractivity (Wildman–Crippen MR) is 49.9 cm³/mol. The Labute approximate surface area is 87.1 Å². The highest BCUT2D eigenvalue weighted by Gasteiger charge is 2.51. The second kappa shape index (κ2) is 3.79. The van der Waals surface area contributed by atoms with Crippen molar-refractivity contribution in [2.45, 2.75) is 25.3 Å². The summed E-state index contributed by atoms with van der Waals surface area (Å²) in [5, 5.41) is 8.69. The second-order valence-corrected chi connectivity index (χ2v) is 4.27. The molecule has 1 N–H and O–H groups in total. The third kappa shape index (κ3) is 1.82. The van der Waals surface area contributed by atoms with Crippen molar-refractivity contribution < 1.29 is 19.1 Å². The van der Waals surface area contributed by atoms with E-state index < -0.39 is 24.5 Å². The zero-order chi connectivity index (χ0) is 11.0. The number of carbonyl (C=O) groups excluding carboxylic acids is 1. The second-order valence-electron chi connectivity index (χ2n) is 4.27. The molecule has 0 aromatic carbocycles. The number of hydrogen-bond donors (Lipinski definition) is 1. The smallest absolute Gasteiger partial charge is 0.307 e. The molecular formula is C10H14FNO3. The van der Waals surface area contributed by atoms with E-state index in [1.54, 1.807) is 0 Å². The Morgan fingerprint density at radius 2 is 2.13 bits per heavy atom. The molecule has 1 aliphatic heterocycles. The Bertz CT molecular complexity index is 294. The van der Waals surface area contributed by atoms with Gasteiger partial charge in [-0.05, 0) is 19.3 Å². The van der Waals surface area contributed by atoms with Gasteiger partial charge in [0.15, 0.2) is 0 Å². The maximum Gasteiger partial charge on any atom is 0.307 e. The van der Waals surface area contributed by atoms with Gasteiger partial charge >= 0.3 is 5.97 Å². The van der Waals surface area contributed by atoms with Crippen molar-refractivity contribution in [2.24, 2.45) is 11.8 Å². The molecule has 2 fully saturated rings. The Morgan fingerprint density at radius 3 is 2.67 bits per heavy atom. The first-order valence-electron chi connectivity index (χ1n) is 5.24. The van der Waals surface area contributed by atoms with Crippen LogP contribution in [-0.4, -0.2) is 41.1 Å². The standard InChI is InChI=1S/C10H14FNO3/c11-5-6-2-1-3-12(6)9(13)7-4-8(7)10(14)15/h6-8H,1-5H2,(H,14,15)/t6-,7+,8+/m0/s1. The van der Waals surface area contributed by atoms with Gasteiger partial charge in [-0.15, -0.1) is 0 Å². The Hall–Kier alpha value is -1.13. The van der Waals surface area contributed by atoms with Gasteiger partial charge in [-0.1, -0.05) is 0 Å². The van der Waals surface area contributed by atoms with E-state index in [4.69, 9.17) is 5.11 Å². The van der Waals surface area contributed by atoms with Gasteiger partial charge in [0.05, 0.1) is 17.9 Å². The van der Waals surface area contributed by atoms with Crippen molar-refractivity contribution >= 4 is 11.9 Å². The van der Waals surface area contributed by atoms with Crippen LogP contribution in [0, 0.1) is 11.8 Å². The topological polar surface area (TPSA) is 57.6 Å². The molecule has 0 aromatic heterocycles. The van der Waals surface area contributed by atoms with Crippen LogP contribution in [-0.2, 0) is 9.59 Å². The van der Waals surface area contributed by atoms with Crippen LogP contribution in [0.2, 0.25) is 0 Å². The average molecular weight is 215 g/mol. The van der Waals surface area contributed by atoms with Crippen LogP contribution in [0.4, 0.5) is 4.39 Å². The van der Waals surface area contributed by atoms with Crippen LogP contribution in [0.15, 0.2) is 0 Å². The fourth-order valence-electron chi connectivity index (χ4n) is 2.24. The Balaban J connectivity index is 1.94. The molecule has 1 heterocycles. The summed E-state index contributed by atoms with van der Waals surface area (Å²) in [7, 11) is 0. The van der Waals surface area contributed by atoms with Crippen molar-refractivity contribution in [3.8, 4) is 0 Å². The monoisotopic (exact) mass is 215 g/mol. The van der Waals surface area contributed by atoms with Gasteiger partial charge in [0.2, 0.25) is 5.91 Å². The van der Waals surface area contributed by atoms with Gasteiger partial charge in [0.1, 0.15) is 6.67 Å². The summed E-state index contributed by atoms with van der Waals surface area (Å²) < 4.78 is 12.5. The molecule has 84 valence electrons. The molecule has 15 heavy (non-hydrogen) atoms. The van der Waals surface area contributed by atoms with E-state index in [-0.39, 0.29) is 11.9 Å². The number of aliphatic carboxylic acids is 1. The lowest BCUT2D eigenvalue weighted by Crippen LogP contribution is -2.38. The minimum Gasteiger partial charge on any atom is -0.481 e. The van der Waals surface area contributed by atoms with Crippen LogP contribution < -0.4 is 0 Å². The van der Waals surface area contributed by atoms with Crippen LogP contribution in [0.3, 0.4) is 0 Å². The van der Waals surface area contributed by atoms with Crippen LogP contribution in [0.25, 0.3) is 0 Å². The van der Waals surface area contributed by atoms with E-state index in [2.05, 4.69) is 0 Å². The molecule has 1 saturated heterocycles. The summed E-state index contributed by atoms with van der Waals surface area (Å²) >= 11 is 0.